The van der Waals surface area contributed by atoms with Crippen LogP contribution >= 0.6 is 0 Å². The number of hydrogen-bond donors (Lipinski definition) is 2. The standard InChI is InChI=1S/C15H19FN2O3/c1-2-15(13(19)20)7-8-18(10-15)14(21)17-9-11-5-3-4-6-12(11)16/h3-6H,2,7-10H2,1H3,(H,17,21)(H,19,20). The van der Waals surface area contributed by atoms with E-state index in [2.05, 4.69) is 5.32 Å². The first-order valence-corrected chi connectivity index (χ1v) is 6.98. The molecule has 1 aromatic carbocycles. The second kappa shape index (κ2) is 6.11. The Morgan fingerprint density at radius 2 is 2.14 bits per heavy atom. The molecule has 1 unspecified atom stereocenters. The highest BCUT2D eigenvalue weighted by Gasteiger charge is 2.44. The van der Waals surface area contributed by atoms with Crippen LogP contribution in [-0.4, -0.2) is 35.1 Å². The number of carboxylic acids is 1. The topological polar surface area (TPSA) is 69.6 Å². The lowest BCUT2D eigenvalue weighted by Gasteiger charge is -2.23. The van der Waals surface area contributed by atoms with Crippen molar-refractivity contribution in [1.29, 1.82) is 0 Å². The van der Waals surface area contributed by atoms with Gasteiger partial charge in [-0.15, -0.1) is 0 Å². The minimum atomic E-state index is -0.866. The molecule has 2 amide bonds. The summed E-state index contributed by atoms with van der Waals surface area (Å²) < 4.78 is 13.5. The minimum Gasteiger partial charge on any atom is -0.481 e. The molecule has 1 aliphatic rings. The van der Waals surface area contributed by atoms with Crippen LogP contribution < -0.4 is 5.32 Å². The molecular formula is C15H19FN2O3. The van der Waals surface area contributed by atoms with Crippen molar-refractivity contribution in [1.82, 2.24) is 10.2 Å². The van der Waals surface area contributed by atoms with Gasteiger partial charge >= 0.3 is 12.0 Å². The van der Waals surface area contributed by atoms with E-state index < -0.39 is 11.4 Å². The van der Waals surface area contributed by atoms with Gasteiger partial charge in [0.15, 0.2) is 0 Å². The summed E-state index contributed by atoms with van der Waals surface area (Å²) in [6.45, 7) is 2.51. The Labute approximate surface area is 122 Å². The molecular weight excluding hydrogens is 275 g/mol. The largest absolute Gasteiger partial charge is 0.481 e. The molecule has 21 heavy (non-hydrogen) atoms. The van der Waals surface area contributed by atoms with Crippen LogP contribution in [0.5, 0.6) is 0 Å². The summed E-state index contributed by atoms with van der Waals surface area (Å²) in [5.41, 5.74) is -0.444. The fraction of sp³-hybridized carbons (Fsp3) is 0.467. The SMILES string of the molecule is CCC1(C(=O)O)CCN(C(=O)NCc2ccccc2F)C1. The molecule has 0 bridgehead atoms. The third kappa shape index (κ3) is 3.15. The molecule has 1 saturated heterocycles. The number of likely N-dealkylation sites (tertiary alicyclic amines) is 1. The smallest absolute Gasteiger partial charge is 0.317 e. The highest BCUT2D eigenvalue weighted by molar-refractivity contribution is 5.79. The molecule has 1 aliphatic heterocycles. The first-order chi connectivity index (χ1) is 9.98. The molecule has 2 N–H and O–H groups in total. The number of halogens is 1. The predicted molar refractivity (Wildman–Crippen MR) is 75.2 cm³/mol. The van der Waals surface area contributed by atoms with Crippen LogP contribution in [0.15, 0.2) is 24.3 Å². The third-order valence-corrected chi connectivity index (χ3v) is 4.16. The number of carboxylic acid groups (broad SMARTS) is 1. The number of rotatable bonds is 4. The van der Waals surface area contributed by atoms with Crippen molar-refractivity contribution >= 4 is 12.0 Å². The zero-order valence-electron chi connectivity index (χ0n) is 11.9. The van der Waals surface area contributed by atoms with Gasteiger partial charge in [0.2, 0.25) is 0 Å². The van der Waals surface area contributed by atoms with Gasteiger partial charge in [-0.05, 0) is 18.9 Å². The zero-order chi connectivity index (χ0) is 15.5. The van der Waals surface area contributed by atoms with Gasteiger partial charge in [0, 0.05) is 25.2 Å². The lowest BCUT2D eigenvalue weighted by Crippen LogP contribution is -2.41. The van der Waals surface area contributed by atoms with Gasteiger partial charge in [-0.1, -0.05) is 25.1 Å². The van der Waals surface area contributed by atoms with Gasteiger partial charge in [-0.2, -0.15) is 0 Å². The van der Waals surface area contributed by atoms with Crippen LogP contribution in [0.3, 0.4) is 0 Å². The van der Waals surface area contributed by atoms with Gasteiger partial charge in [0.25, 0.3) is 0 Å². The molecule has 0 aliphatic carbocycles. The second-order valence-electron chi connectivity index (χ2n) is 5.36. The molecule has 6 heteroatoms. The van der Waals surface area contributed by atoms with Gasteiger partial charge in [0.1, 0.15) is 5.82 Å². The maximum Gasteiger partial charge on any atom is 0.317 e. The van der Waals surface area contributed by atoms with Crippen molar-refractivity contribution in [3.05, 3.63) is 35.6 Å². The van der Waals surface area contributed by atoms with Crippen LogP contribution in [0, 0.1) is 11.2 Å². The van der Waals surface area contributed by atoms with Crippen molar-refractivity contribution < 1.29 is 19.1 Å². The predicted octanol–water partition coefficient (Wildman–Crippen LogP) is 2.22. The number of benzene rings is 1. The monoisotopic (exact) mass is 294 g/mol. The Hall–Kier alpha value is -2.11. The van der Waals surface area contributed by atoms with Gasteiger partial charge < -0.3 is 15.3 Å². The van der Waals surface area contributed by atoms with Crippen LogP contribution in [0.4, 0.5) is 9.18 Å². The van der Waals surface area contributed by atoms with E-state index >= 15 is 0 Å². The van der Waals surface area contributed by atoms with Crippen LogP contribution in [0.25, 0.3) is 0 Å². The molecule has 5 nitrogen and oxygen atoms in total. The first kappa shape index (κ1) is 15.3. The number of aliphatic carboxylic acids is 1. The fourth-order valence-corrected chi connectivity index (χ4v) is 2.58. The molecule has 2 rings (SSSR count). The highest BCUT2D eigenvalue weighted by Crippen LogP contribution is 2.34. The van der Waals surface area contributed by atoms with Crippen molar-refractivity contribution in [2.45, 2.75) is 26.3 Å². The maximum atomic E-state index is 13.5. The number of hydrogen-bond acceptors (Lipinski definition) is 2. The second-order valence-corrected chi connectivity index (χ2v) is 5.36. The Kier molecular flexibility index (Phi) is 4.45. The summed E-state index contributed by atoms with van der Waals surface area (Å²) in [6, 6.07) is 5.88. The summed E-state index contributed by atoms with van der Waals surface area (Å²) in [6.07, 6.45) is 0.936. The molecule has 114 valence electrons. The van der Waals surface area contributed by atoms with E-state index in [1.807, 2.05) is 6.92 Å². The van der Waals surface area contributed by atoms with E-state index in [4.69, 9.17) is 0 Å². The average molecular weight is 294 g/mol. The van der Waals surface area contributed by atoms with Crippen molar-refractivity contribution in [2.24, 2.45) is 5.41 Å². The number of nitrogens with one attached hydrogen (secondary N) is 1. The minimum absolute atomic E-state index is 0.0915. The zero-order valence-corrected chi connectivity index (χ0v) is 11.9. The van der Waals surface area contributed by atoms with Gasteiger partial charge in [-0.25, -0.2) is 9.18 Å². The number of amides is 2. The number of nitrogens with zero attached hydrogens (tertiary/aromatic N) is 1. The summed E-state index contributed by atoms with van der Waals surface area (Å²) in [7, 11) is 0. The third-order valence-electron chi connectivity index (χ3n) is 4.16. The van der Waals surface area contributed by atoms with E-state index in [0.29, 0.717) is 24.9 Å². The first-order valence-electron chi connectivity index (χ1n) is 6.98. The molecule has 1 aromatic rings. The Bertz CT molecular complexity index is 549. The Morgan fingerprint density at radius 3 is 2.71 bits per heavy atom. The normalized spacial score (nSPS) is 21.3. The summed E-state index contributed by atoms with van der Waals surface area (Å²) in [5, 5.41) is 11.9. The Balaban J connectivity index is 1.94. The van der Waals surface area contributed by atoms with Gasteiger partial charge in [0.05, 0.1) is 5.41 Å². The number of carbonyl (C=O) groups excluding carboxylic acids is 1. The average Bonchev–Trinajstić information content (AvgIpc) is 2.92. The summed E-state index contributed by atoms with van der Waals surface area (Å²) >= 11 is 0. The summed E-state index contributed by atoms with van der Waals surface area (Å²) in [5.74, 6) is -1.23. The lowest BCUT2D eigenvalue weighted by atomic mass is 9.84. The van der Waals surface area contributed by atoms with Crippen molar-refractivity contribution in [2.75, 3.05) is 13.1 Å². The van der Waals surface area contributed by atoms with Crippen LogP contribution in [-0.2, 0) is 11.3 Å². The molecule has 0 radical (unpaired) electrons. The number of carbonyl (C=O) groups is 2. The van der Waals surface area contributed by atoms with E-state index in [1.165, 1.54) is 11.0 Å². The van der Waals surface area contributed by atoms with E-state index in [-0.39, 0.29) is 24.9 Å². The number of urea groups is 1. The highest BCUT2D eigenvalue weighted by atomic mass is 19.1. The fourth-order valence-electron chi connectivity index (χ4n) is 2.58. The molecule has 0 saturated carbocycles. The van der Waals surface area contributed by atoms with Crippen LogP contribution in [0.2, 0.25) is 0 Å². The maximum absolute atomic E-state index is 13.5. The lowest BCUT2D eigenvalue weighted by molar-refractivity contribution is -0.148. The van der Waals surface area contributed by atoms with Crippen molar-refractivity contribution in [3.8, 4) is 0 Å². The van der Waals surface area contributed by atoms with Crippen LogP contribution in [0.1, 0.15) is 25.3 Å². The van der Waals surface area contributed by atoms with E-state index in [9.17, 15) is 19.1 Å². The molecule has 0 spiro atoms. The molecule has 1 fully saturated rings. The molecule has 0 aromatic heterocycles. The quantitative estimate of drug-likeness (QED) is 0.894. The molecule has 1 atom stereocenters. The Morgan fingerprint density at radius 1 is 1.43 bits per heavy atom. The molecule has 1 heterocycles. The van der Waals surface area contributed by atoms with Crippen molar-refractivity contribution in [3.63, 3.8) is 0 Å². The summed E-state index contributed by atoms with van der Waals surface area (Å²) in [4.78, 5) is 24.9. The van der Waals surface area contributed by atoms with E-state index in [0.717, 1.165) is 0 Å². The van der Waals surface area contributed by atoms with E-state index in [1.54, 1.807) is 18.2 Å². The van der Waals surface area contributed by atoms with Gasteiger partial charge in [-0.3, -0.25) is 4.79 Å².